The first kappa shape index (κ1) is 24.3. The van der Waals surface area contributed by atoms with Gasteiger partial charge in [-0.2, -0.15) is 0 Å². The summed E-state index contributed by atoms with van der Waals surface area (Å²) in [6.07, 6.45) is 1.80. The molecule has 1 amide bonds. The zero-order valence-electron chi connectivity index (χ0n) is 18.9. The van der Waals surface area contributed by atoms with Gasteiger partial charge in [0.15, 0.2) is 11.7 Å². The van der Waals surface area contributed by atoms with Crippen molar-refractivity contribution in [2.75, 3.05) is 19.0 Å². The number of anilines is 1. The zero-order chi connectivity index (χ0) is 23.8. The third-order valence-electron chi connectivity index (χ3n) is 6.60. The van der Waals surface area contributed by atoms with Gasteiger partial charge in [0, 0.05) is 23.7 Å². The van der Waals surface area contributed by atoms with E-state index in [1.165, 1.54) is 32.4 Å². The second-order valence-corrected chi connectivity index (χ2v) is 9.14. The maximum atomic E-state index is 14.4. The number of amides is 1. The SMILES string of the molecule is COC1=C(F)C(F)=CCC1[C@@H]1[C@@H](C(=O)Nc2ccnc(C(C)(O)CO)c2)OC(C)(C)[C@H]1C. The molecule has 1 aliphatic carbocycles. The lowest BCUT2D eigenvalue weighted by atomic mass is 9.72. The van der Waals surface area contributed by atoms with Gasteiger partial charge in [0.1, 0.15) is 17.5 Å². The molecule has 5 atom stereocenters. The first-order valence-electron chi connectivity index (χ1n) is 10.5. The summed E-state index contributed by atoms with van der Waals surface area (Å²) in [7, 11) is 1.28. The molecule has 1 aromatic rings. The molecule has 0 radical (unpaired) electrons. The highest BCUT2D eigenvalue weighted by molar-refractivity contribution is 5.94. The number of aliphatic hydroxyl groups is 2. The van der Waals surface area contributed by atoms with Gasteiger partial charge < -0.3 is 25.0 Å². The van der Waals surface area contributed by atoms with Crippen molar-refractivity contribution in [3.63, 3.8) is 0 Å². The maximum Gasteiger partial charge on any atom is 0.253 e. The number of allylic oxidation sites excluding steroid dienone is 4. The number of methoxy groups -OCH3 is 1. The van der Waals surface area contributed by atoms with Crippen LogP contribution in [0.1, 0.15) is 39.8 Å². The molecule has 1 saturated heterocycles. The van der Waals surface area contributed by atoms with E-state index in [0.717, 1.165) is 0 Å². The Labute approximate surface area is 186 Å². The van der Waals surface area contributed by atoms with Crippen LogP contribution in [-0.4, -0.2) is 46.5 Å². The van der Waals surface area contributed by atoms with E-state index in [2.05, 4.69) is 10.3 Å². The minimum Gasteiger partial charge on any atom is -0.498 e. The predicted octanol–water partition coefficient (Wildman–Crippen LogP) is 3.35. The molecule has 1 aliphatic heterocycles. The molecule has 0 spiro atoms. The molecule has 32 heavy (non-hydrogen) atoms. The Bertz CT molecular complexity index is 944. The maximum absolute atomic E-state index is 14.4. The topological polar surface area (TPSA) is 101 Å². The first-order valence-corrected chi connectivity index (χ1v) is 10.5. The molecule has 0 saturated carbocycles. The van der Waals surface area contributed by atoms with Crippen LogP contribution in [0.4, 0.5) is 14.5 Å². The van der Waals surface area contributed by atoms with Gasteiger partial charge in [0.05, 0.1) is 25.0 Å². The molecule has 0 aromatic carbocycles. The van der Waals surface area contributed by atoms with Gasteiger partial charge in [-0.25, -0.2) is 8.78 Å². The van der Waals surface area contributed by atoms with E-state index in [1.807, 2.05) is 20.8 Å². The highest BCUT2D eigenvalue weighted by Crippen LogP contribution is 2.49. The second-order valence-electron chi connectivity index (χ2n) is 9.14. The Kier molecular flexibility index (Phi) is 6.74. The van der Waals surface area contributed by atoms with Crippen molar-refractivity contribution in [2.24, 2.45) is 17.8 Å². The van der Waals surface area contributed by atoms with Crippen LogP contribution in [0.15, 0.2) is 41.8 Å². The number of nitrogens with one attached hydrogen (secondary N) is 1. The molecular formula is C23H30F2N2O5. The number of halogens is 2. The fourth-order valence-electron chi connectivity index (χ4n) is 4.40. The van der Waals surface area contributed by atoms with Gasteiger partial charge in [0.2, 0.25) is 0 Å². The number of pyridine rings is 1. The summed E-state index contributed by atoms with van der Waals surface area (Å²) in [4.78, 5) is 17.3. The normalized spacial score (nSPS) is 29.3. The number of rotatable bonds is 6. The first-order chi connectivity index (χ1) is 14.9. The number of ether oxygens (including phenoxy) is 2. The summed E-state index contributed by atoms with van der Waals surface area (Å²) < 4.78 is 39.6. The lowest BCUT2D eigenvalue weighted by Crippen LogP contribution is -2.39. The fourth-order valence-corrected chi connectivity index (χ4v) is 4.40. The van der Waals surface area contributed by atoms with Crippen molar-refractivity contribution < 1.29 is 33.3 Å². The highest BCUT2D eigenvalue weighted by atomic mass is 19.2. The van der Waals surface area contributed by atoms with Crippen LogP contribution in [-0.2, 0) is 19.9 Å². The summed E-state index contributed by atoms with van der Waals surface area (Å²) >= 11 is 0. The van der Waals surface area contributed by atoms with Gasteiger partial charge in [0.25, 0.3) is 5.91 Å². The van der Waals surface area contributed by atoms with Crippen LogP contribution < -0.4 is 5.32 Å². The number of aromatic nitrogens is 1. The van der Waals surface area contributed by atoms with Crippen molar-refractivity contribution in [2.45, 2.75) is 51.4 Å². The Morgan fingerprint density at radius 3 is 2.75 bits per heavy atom. The third kappa shape index (κ3) is 4.42. The highest BCUT2D eigenvalue weighted by Gasteiger charge is 2.54. The number of carbonyl (C=O) groups is 1. The molecule has 2 unspecified atom stereocenters. The Hall–Kier alpha value is -2.36. The monoisotopic (exact) mass is 452 g/mol. The van der Waals surface area contributed by atoms with Crippen LogP contribution in [0.25, 0.3) is 0 Å². The number of hydrogen-bond acceptors (Lipinski definition) is 6. The average molecular weight is 452 g/mol. The summed E-state index contributed by atoms with van der Waals surface area (Å²) in [5.74, 6) is -3.81. The van der Waals surface area contributed by atoms with Gasteiger partial charge in [-0.05, 0) is 51.3 Å². The number of carbonyl (C=O) groups excluding carboxylic acids is 1. The molecule has 2 heterocycles. The lowest BCUT2D eigenvalue weighted by molar-refractivity contribution is -0.132. The van der Waals surface area contributed by atoms with E-state index >= 15 is 0 Å². The number of hydrogen-bond donors (Lipinski definition) is 3. The van der Waals surface area contributed by atoms with Crippen molar-refractivity contribution in [1.82, 2.24) is 4.98 Å². The standard InChI is InChI=1S/C23H30F2N2O5/c1-12-17(14-6-7-15(24)18(25)19(14)31-5)20(32-22(12,2)3)21(29)27-13-8-9-26-16(10-13)23(4,30)11-28/h7-10,12,14,17,20,28,30H,6,11H2,1-5H3,(H,26,27,29)/t12-,14?,17+,20-,23?/m0/s1. The van der Waals surface area contributed by atoms with Crippen LogP contribution in [0.2, 0.25) is 0 Å². The van der Waals surface area contributed by atoms with Crippen LogP contribution in [0.5, 0.6) is 0 Å². The number of aliphatic hydroxyl groups excluding tert-OH is 1. The Morgan fingerprint density at radius 1 is 1.44 bits per heavy atom. The molecule has 9 heteroatoms. The van der Waals surface area contributed by atoms with E-state index in [-0.39, 0.29) is 23.8 Å². The minimum absolute atomic E-state index is 0.119. The molecule has 7 nitrogen and oxygen atoms in total. The summed E-state index contributed by atoms with van der Waals surface area (Å²) in [6, 6.07) is 3.01. The molecule has 3 rings (SSSR count). The lowest BCUT2D eigenvalue weighted by Gasteiger charge is -2.33. The second kappa shape index (κ2) is 8.88. The van der Waals surface area contributed by atoms with E-state index in [1.54, 1.807) is 6.07 Å². The summed E-state index contributed by atoms with van der Waals surface area (Å²) in [6.45, 7) is 6.49. The molecule has 1 fully saturated rings. The van der Waals surface area contributed by atoms with Crippen molar-refractivity contribution in [3.8, 4) is 0 Å². The molecule has 0 bridgehead atoms. The average Bonchev–Trinajstić information content (AvgIpc) is 2.99. The Morgan fingerprint density at radius 2 is 2.12 bits per heavy atom. The zero-order valence-corrected chi connectivity index (χ0v) is 18.9. The molecule has 2 aliphatic rings. The molecule has 3 N–H and O–H groups in total. The van der Waals surface area contributed by atoms with E-state index < -0.39 is 53.3 Å². The summed E-state index contributed by atoms with van der Waals surface area (Å²) in [5, 5.41) is 22.4. The van der Waals surface area contributed by atoms with Crippen molar-refractivity contribution in [3.05, 3.63) is 47.5 Å². The van der Waals surface area contributed by atoms with Gasteiger partial charge >= 0.3 is 0 Å². The van der Waals surface area contributed by atoms with Crippen LogP contribution >= 0.6 is 0 Å². The predicted molar refractivity (Wildman–Crippen MR) is 114 cm³/mol. The molecular weight excluding hydrogens is 422 g/mol. The Balaban J connectivity index is 1.90. The van der Waals surface area contributed by atoms with Crippen molar-refractivity contribution >= 4 is 11.6 Å². The quantitative estimate of drug-likeness (QED) is 0.612. The van der Waals surface area contributed by atoms with Gasteiger partial charge in [-0.15, -0.1) is 0 Å². The number of nitrogens with zero attached hydrogens (tertiary/aromatic N) is 1. The van der Waals surface area contributed by atoms with Crippen LogP contribution in [0.3, 0.4) is 0 Å². The molecule has 176 valence electrons. The smallest absolute Gasteiger partial charge is 0.253 e. The van der Waals surface area contributed by atoms with Gasteiger partial charge in [-0.1, -0.05) is 6.92 Å². The minimum atomic E-state index is -1.57. The van der Waals surface area contributed by atoms with Gasteiger partial charge in [-0.3, -0.25) is 9.78 Å². The van der Waals surface area contributed by atoms with Crippen LogP contribution in [0, 0.1) is 17.8 Å². The largest absolute Gasteiger partial charge is 0.498 e. The van der Waals surface area contributed by atoms with E-state index in [9.17, 15) is 23.8 Å². The van der Waals surface area contributed by atoms with Crippen molar-refractivity contribution in [1.29, 1.82) is 0 Å². The third-order valence-corrected chi connectivity index (χ3v) is 6.60. The van der Waals surface area contributed by atoms with E-state index in [0.29, 0.717) is 5.69 Å². The molecule has 1 aromatic heterocycles. The fraction of sp³-hybridized carbons (Fsp3) is 0.565. The summed E-state index contributed by atoms with van der Waals surface area (Å²) in [5.41, 5.74) is -1.71. The van der Waals surface area contributed by atoms with E-state index in [4.69, 9.17) is 9.47 Å².